The van der Waals surface area contributed by atoms with Gasteiger partial charge in [-0.25, -0.2) is 4.98 Å². The Morgan fingerprint density at radius 2 is 1.67 bits per heavy atom. The van der Waals surface area contributed by atoms with Gasteiger partial charge in [0.1, 0.15) is 0 Å². The Labute approximate surface area is 166 Å². The van der Waals surface area contributed by atoms with Crippen molar-refractivity contribution in [2.45, 2.75) is 6.54 Å². The fourth-order valence-electron chi connectivity index (χ4n) is 2.58. The Morgan fingerprint density at radius 1 is 0.917 bits per heavy atom. The molecule has 0 saturated carbocycles. The summed E-state index contributed by atoms with van der Waals surface area (Å²) in [6.07, 6.45) is 0. The van der Waals surface area contributed by atoms with Crippen LogP contribution < -0.4 is 34.7 Å². The Kier molecular flexibility index (Phi) is 5.26. The van der Waals surface area contributed by atoms with Gasteiger partial charge >= 0.3 is 29.6 Å². The summed E-state index contributed by atoms with van der Waals surface area (Å²) in [5.74, 6) is 0.699. The predicted molar refractivity (Wildman–Crippen MR) is 92.7 cm³/mol. The number of rotatable bonds is 3. The molecule has 4 rings (SSSR count). The van der Waals surface area contributed by atoms with E-state index in [0.29, 0.717) is 17.1 Å². The van der Waals surface area contributed by atoms with Gasteiger partial charge in [-0.05, 0) is 24.2 Å². The standard InChI is InChI=1S/C18H14N4S.Na/c23-18-21-20-17(22(18)12-13-6-2-1-3-7-13)16-11-10-14-8-4-5-9-15(14)19-16;/h1-11H,12H2,(H,19,21,23);/q;+1/p-1. The van der Waals surface area contributed by atoms with Gasteiger partial charge in [-0.15, -0.1) is 0 Å². The van der Waals surface area contributed by atoms with Crippen molar-refractivity contribution in [3.8, 4) is 11.5 Å². The Morgan fingerprint density at radius 3 is 2.50 bits per heavy atom. The van der Waals surface area contributed by atoms with Crippen LogP contribution in [0.25, 0.3) is 22.4 Å². The molecule has 2 aromatic carbocycles. The maximum atomic E-state index is 5.33. The van der Waals surface area contributed by atoms with E-state index in [-0.39, 0.29) is 29.6 Å². The second kappa shape index (κ2) is 7.40. The smallest absolute Gasteiger partial charge is 0.413 e. The van der Waals surface area contributed by atoms with E-state index in [0.717, 1.165) is 22.2 Å². The molecule has 0 fully saturated rings. The third-order valence-electron chi connectivity index (χ3n) is 3.73. The van der Waals surface area contributed by atoms with Gasteiger partial charge < -0.3 is 9.67 Å². The van der Waals surface area contributed by atoms with Crippen LogP contribution in [0.15, 0.2) is 66.7 Å². The second-order valence-corrected chi connectivity index (χ2v) is 5.63. The van der Waals surface area contributed by atoms with Crippen LogP contribution in [0, 0.1) is 4.77 Å². The first kappa shape index (κ1) is 17.0. The van der Waals surface area contributed by atoms with Crippen molar-refractivity contribution in [1.82, 2.24) is 19.7 Å². The van der Waals surface area contributed by atoms with E-state index in [2.05, 4.69) is 22.3 Å². The van der Waals surface area contributed by atoms with E-state index >= 15 is 0 Å². The summed E-state index contributed by atoms with van der Waals surface area (Å²) >= 11 is 5.33. The molecule has 2 aromatic heterocycles. The van der Waals surface area contributed by atoms with Gasteiger partial charge in [0.05, 0.1) is 17.0 Å². The number of hydrogen-bond acceptors (Lipinski definition) is 3. The SMILES string of the molecule is S=c1[n-]nc(-c2ccc3ccccc3n2)n1Cc1ccccc1.[Na+]. The molecule has 0 N–H and O–H groups in total. The number of para-hydroxylation sites is 1. The molecule has 0 atom stereocenters. The van der Waals surface area contributed by atoms with Crippen LogP contribution in [0.3, 0.4) is 0 Å². The average Bonchev–Trinajstić information content (AvgIpc) is 2.96. The maximum Gasteiger partial charge on any atom is 1.00 e. The van der Waals surface area contributed by atoms with Crippen molar-refractivity contribution in [2.24, 2.45) is 0 Å². The van der Waals surface area contributed by atoms with Gasteiger partial charge in [-0.2, -0.15) is 0 Å². The van der Waals surface area contributed by atoms with Gasteiger partial charge in [0.2, 0.25) is 0 Å². The van der Waals surface area contributed by atoms with Crippen LogP contribution in [-0.2, 0) is 6.54 Å². The van der Waals surface area contributed by atoms with Crippen LogP contribution in [-0.4, -0.2) is 14.6 Å². The zero-order valence-electron chi connectivity index (χ0n) is 13.3. The summed E-state index contributed by atoms with van der Waals surface area (Å²) in [5, 5.41) is 9.39. The first-order chi connectivity index (χ1) is 11.3. The third-order valence-corrected chi connectivity index (χ3v) is 4.03. The van der Waals surface area contributed by atoms with Gasteiger partial charge in [-0.1, -0.05) is 66.8 Å². The molecule has 0 aliphatic rings. The summed E-state index contributed by atoms with van der Waals surface area (Å²) in [5.41, 5.74) is 2.87. The minimum absolute atomic E-state index is 0. The monoisotopic (exact) mass is 340 g/mol. The van der Waals surface area contributed by atoms with Crippen molar-refractivity contribution < 1.29 is 29.6 Å². The number of benzene rings is 2. The zero-order chi connectivity index (χ0) is 15.6. The molecule has 0 radical (unpaired) electrons. The van der Waals surface area contributed by atoms with Crippen LogP contribution in [0.5, 0.6) is 0 Å². The van der Waals surface area contributed by atoms with Crippen LogP contribution in [0.1, 0.15) is 5.56 Å². The fourth-order valence-corrected chi connectivity index (χ4v) is 2.77. The molecule has 0 amide bonds. The molecule has 0 bridgehead atoms. The minimum atomic E-state index is 0. The number of nitrogens with zero attached hydrogens (tertiary/aromatic N) is 4. The first-order valence-corrected chi connectivity index (χ1v) is 7.72. The van der Waals surface area contributed by atoms with Gasteiger partial charge in [0.25, 0.3) is 0 Å². The Hall–Kier alpha value is -1.79. The van der Waals surface area contributed by atoms with Crippen molar-refractivity contribution in [3.63, 3.8) is 0 Å². The van der Waals surface area contributed by atoms with E-state index in [1.165, 1.54) is 0 Å². The number of pyridine rings is 1. The van der Waals surface area contributed by atoms with E-state index < -0.39 is 0 Å². The summed E-state index contributed by atoms with van der Waals surface area (Å²) in [7, 11) is 0. The van der Waals surface area contributed by atoms with Crippen molar-refractivity contribution in [2.75, 3.05) is 0 Å². The van der Waals surface area contributed by atoms with Crippen LogP contribution in [0.2, 0.25) is 0 Å². The van der Waals surface area contributed by atoms with Crippen LogP contribution in [0.4, 0.5) is 0 Å². The van der Waals surface area contributed by atoms with E-state index in [1.807, 2.05) is 59.2 Å². The number of aromatic nitrogens is 4. The maximum absolute atomic E-state index is 5.33. The molecule has 4 nitrogen and oxygen atoms in total. The molecule has 4 aromatic rings. The summed E-state index contributed by atoms with van der Waals surface area (Å²) < 4.78 is 2.39. The molecule has 0 unspecified atom stereocenters. The molecular weight excluding hydrogens is 327 g/mol. The van der Waals surface area contributed by atoms with E-state index in [9.17, 15) is 0 Å². The normalized spacial score (nSPS) is 10.5. The van der Waals surface area contributed by atoms with E-state index in [1.54, 1.807) is 0 Å². The molecule has 0 aliphatic carbocycles. The van der Waals surface area contributed by atoms with Crippen LogP contribution >= 0.6 is 12.2 Å². The molecule has 2 heterocycles. The fraction of sp³-hybridized carbons (Fsp3) is 0.0556. The second-order valence-electron chi connectivity index (χ2n) is 5.27. The predicted octanol–water partition coefficient (Wildman–Crippen LogP) is 0.837. The molecule has 0 aliphatic heterocycles. The summed E-state index contributed by atoms with van der Waals surface area (Å²) in [6, 6.07) is 22.2. The quantitative estimate of drug-likeness (QED) is 0.409. The topological polar surface area (TPSA) is 44.8 Å². The Bertz CT molecular complexity index is 1020. The minimum Gasteiger partial charge on any atom is -0.413 e. The largest absolute Gasteiger partial charge is 1.00 e. The van der Waals surface area contributed by atoms with Crippen molar-refractivity contribution in [3.05, 3.63) is 77.1 Å². The molecular formula is C18H13N4NaS. The average molecular weight is 340 g/mol. The third kappa shape index (κ3) is 3.35. The number of fused-ring (bicyclic) bond motifs is 1. The van der Waals surface area contributed by atoms with Crippen molar-refractivity contribution in [1.29, 1.82) is 0 Å². The van der Waals surface area contributed by atoms with Gasteiger partial charge in [-0.3, -0.25) is 5.10 Å². The molecule has 0 spiro atoms. The first-order valence-electron chi connectivity index (χ1n) is 7.31. The molecule has 24 heavy (non-hydrogen) atoms. The molecule has 0 saturated heterocycles. The van der Waals surface area contributed by atoms with E-state index in [4.69, 9.17) is 17.2 Å². The molecule has 112 valence electrons. The van der Waals surface area contributed by atoms with Crippen molar-refractivity contribution >= 4 is 23.1 Å². The Balaban J connectivity index is 0.00000169. The van der Waals surface area contributed by atoms with Gasteiger partial charge in [0, 0.05) is 10.2 Å². The summed E-state index contributed by atoms with van der Waals surface area (Å²) in [6.45, 7) is 0.635. The summed E-state index contributed by atoms with van der Waals surface area (Å²) in [4.78, 5) is 4.69. The van der Waals surface area contributed by atoms with Gasteiger partial charge in [0.15, 0.2) is 0 Å². The molecule has 6 heteroatoms. The number of hydrogen-bond donors (Lipinski definition) is 0. The zero-order valence-corrected chi connectivity index (χ0v) is 16.1.